The van der Waals surface area contributed by atoms with E-state index in [2.05, 4.69) is 45.0 Å². The van der Waals surface area contributed by atoms with Crippen LogP contribution >= 0.6 is 11.8 Å². The van der Waals surface area contributed by atoms with Crippen LogP contribution in [0, 0.1) is 5.41 Å². The molecule has 0 unspecified atom stereocenters. The molecular weight excluding hydrogens is 294 g/mol. The molecule has 1 amide bonds. The minimum atomic E-state index is 0.105. The maximum absolute atomic E-state index is 12.1. The second-order valence-corrected chi connectivity index (χ2v) is 8.90. The molecule has 1 rings (SSSR count). The Labute approximate surface area is 140 Å². The quantitative estimate of drug-likeness (QED) is 0.557. The number of amides is 1. The van der Waals surface area contributed by atoms with Crippen molar-refractivity contribution in [1.29, 1.82) is 5.41 Å². The van der Waals surface area contributed by atoms with Crippen LogP contribution in [0.5, 0.6) is 0 Å². The highest BCUT2D eigenvalue weighted by Crippen LogP contribution is 2.36. The SMILES string of the molecule is CC(=N)CCCSCC(=O)NC1CC(C)(C)N(C)C(C)(C)C1. The van der Waals surface area contributed by atoms with E-state index in [1.54, 1.807) is 11.8 Å². The van der Waals surface area contributed by atoms with E-state index in [1.165, 1.54) is 0 Å². The molecule has 0 aromatic heterocycles. The van der Waals surface area contributed by atoms with E-state index in [0.29, 0.717) is 5.75 Å². The molecule has 0 saturated carbocycles. The normalized spacial score (nSPS) is 21.5. The molecular formula is C17H33N3OS. The van der Waals surface area contributed by atoms with Crippen molar-refractivity contribution in [3.63, 3.8) is 0 Å². The minimum Gasteiger partial charge on any atom is -0.353 e. The Morgan fingerprint density at radius 2 is 1.82 bits per heavy atom. The fourth-order valence-electron chi connectivity index (χ4n) is 3.35. The lowest BCUT2D eigenvalue weighted by molar-refractivity contribution is -0.120. The van der Waals surface area contributed by atoms with Gasteiger partial charge in [0.25, 0.3) is 0 Å². The van der Waals surface area contributed by atoms with Crippen LogP contribution in [0.1, 0.15) is 60.3 Å². The van der Waals surface area contributed by atoms with Gasteiger partial charge in [-0.05, 0) is 73.1 Å². The number of carbonyl (C=O) groups is 1. The van der Waals surface area contributed by atoms with Crippen LogP contribution in [0.3, 0.4) is 0 Å². The van der Waals surface area contributed by atoms with Crippen LogP contribution in [0.4, 0.5) is 0 Å². The van der Waals surface area contributed by atoms with Crippen molar-refractivity contribution in [3.8, 4) is 0 Å². The first kappa shape index (κ1) is 19.5. The molecule has 0 aromatic rings. The van der Waals surface area contributed by atoms with Crippen molar-refractivity contribution < 1.29 is 4.79 Å². The zero-order chi connectivity index (χ0) is 17.0. The lowest BCUT2D eigenvalue weighted by Crippen LogP contribution is -2.62. The van der Waals surface area contributed by atoms with Gasteiger partial charge in [-0.15, -0.1) is 0 Å². The Kier molecular flexibility index (Phi) is 6.93. The largest absolute Gasteiger partial charge is 0.353 e. The highest BCUT2D eigenvalue weighted by atomic mass is 32.2. The van der Waals surface area contributed by atoms with Gasteiger partial charge in [0.1, 0.15) is 0 Å². The van der Waals surface area contributed by atoms with Gasteiger partial charge >= 0.3 is 0 Å². The second-order valence-electron chi connectivity index (χ2n) is 7.79. The molecule has 0 radical (unpaired) electrons. The highest BCUT2D eigenvalue weighted by Gasteiger charge is 2.43. The van der Waals surface area contributed by atoms with Crippen molar-refractivity contribution in [2.75, 3.05) is 18.6 Å². The van der Waals surface area contributed by atoms with Crippen molar-refractivity contribution in [1.82, 2.24) is 10.2 Å². The Hall–Kier alpha value is -0.550. The lowest BCUT2D eigenvalue weighted by atomic mass is 9.77. The van der Waals surface area contributed by atoms with Crippen molar-refractivity contribution in [3.05, 3.63) is 0 Å². The van der Waals surface area contributed by atoms with Gasteiger partial charge in [-0.3, -0.25) is 9.69 Å². The molecule has 0 bridgehead atoms. The standard InChI is InChI=1S/C17H33N3OS/c1-13(18)8-7-9-22-12-15(21)19-14-10-16(2,3)20(6)17(4,5)11-14/h14,18H,7-12H2,1-6H3,(H,19,21). The first-order chi connectivity index (χ1) is 10.0. The molecule has 1 fully saturated rings. The van der Waals surface area contributed by atoms with Crippen LogP contribution in [-0.2, 0) is 4.79 Å². The summed E-state index contributed by atoms with van der Waals surface area (Å²) in [6.07, 6.45) is 3.82. The first-order valence-electron chi connectivity index (χ1n) is 8.20. The number of likely N-dealkylation sites (tertiary alicyclic amines) is 1. The van der Waals surface area contributed by atoms with E-state index in [4.69, 9.17) is 5.41 Å². The number of piperidine rings is 1. The predicted octanol–water partition coefficient (Wildman–Crippen LogP) is 3.31. The molecule has 22 heavy (non-hydrogen) atoms. The van der Waals surface area contributed by atoms with E-state index < -0.39 is 0 Å². The van der Waals surface area contributed by atoms with Gasteiger partial charge in [0.15, 0.2) is 0 Å². The average Bonchev–Trinajstić information content (AvgIpc) is 2.34. The number of carbonyl (C=O) groups excluding carboxylic acids is 1. The molecule has 1 heterocycles. The van der Waals surface area contributed by atoms with Gasteiger partial charge in [0.05, 0.1) is 5.75 Å². The number of nitrogens with zero attached hydrogens (tertiary/aromatic N) is 1. The monoisotopic (exact) mass is 327 g/mol. The zero-order valence-electron chi connectivity index (χ0n) is 15.1. The third-order valence-electron chi connectivity index (χ3n) is 4.75. The summed E-state index contributed by atoms with van der Waals surface area (Å²) < 4.78 is 0. The van der Waals surface area contributed by atoms with E-state index in [1.807, 2.05) is 6.92 Å². The van der Waals surface area contributed by atoms with Gasteiger partial charge < -0.3 is 10.7 Å². The Morgan fingerprint density at radius 3 is 2.32 bits per heavy atom. The van der Waals surface area contributed by atoms with E-state index >= 15 is 0 Å². The summed E-state index contributed by atoms with van der Waals surface area (Å²) in [5.41, 5.74) is 0.934. The first-order valence-corrected chi connectivity index (χ1v) is 9.35. The Morgan fingerprint density at radius 1 is 1.27 bits per heavy atom. The Balaban J connectivity index is 2.37. The molecule has 1 saturated heterocycles. The van der Waals surface area contributed by atoms with Gasteiger partial charge in [-0.1, -0.05) is 0 Å². The summed E-state index contributed by atoms with van der Waals surface area (Å²) in [5, 5.41) is 10.6. The second kappa shape index (κ2) is 7.82. The molecule has 128 valence electrons. The topological polar surface area (TPSA) is 56.2 Å². The Bertz CT molecular complexity index is 389. The van der Waals surface area contributed by atoms with Crippen molar-refractivity contribution in [2.45, 2.75) is 77.4 Å². The van der Waals surface area contributed by atoms with Crippen molar-refractivity contribution >= 4 is 23.4 Å². The molecule has 0 aliphatic carbocycles. The molecule has 5 heteroatoms. The summed E-state index contributed by atoms with van der Waals surface area (Å²) in [7, 11) is 2.18. The van der Waals surface area contributed by atoms with Crippen molar-refractivity contribution in [2.24, 2.45) is 0 Å². The number of nitrogens with one attached hydrogen (secondary N) is 2. The molecule has 0 spiro atoms. The van der Waals surface area contributed by atoms with Crippen LogP contribution in [0.15, 0.2) is 0 Å². The number of thioether (sulfide) groups is 1. The number of rotatable bonds is 7. The summed E-state index contributed by atoms with van der Waals surface area (Å²) in [6.45, 7) is 10.8. The predicted molar refractivity (Wildman–Crippen MR) is 97.0 cm³/mol. The van der Waals surface area contributed by atoms with Gasteiger partial charge in [0.2, 0.25) is 5.91 Å². The number of hydrogen-bond acceptors (Lipinski definition) is 4. The minimum absolute atomic E-state index is 0.105. The third kappa shape index (κ3) is 5.92. The summed E-state index contributed by atoms with van der Waals surface area (Å²) >= 11 is 1.67. The van der Waals surface area contributed by atoms with Gasteiger partial charge in [0, 0.05) is 22.8 Å². The third-order valence-corrected chi connectivity index (χ3v) is 5.79. The number of hydrogen-bond donors (Lipinski definition) is 2. The van der Waals surface area contributed by atoms with E-state index in [0.717, 1.165) is 37.1 Å². The molecule has 0 atom stereocenters. The average molecular weight is 328 g/mol. The molecule has 1 aliphatic heterocycles. The smallest absolute Gasteiger partial charge is 0.230 e. The zero-order valence-corrected chi connectivity index (χ0v) is 15.9. The molecule has 0 aromatic carbocycles. The fourth-order valence-corrected chi connectivity index (χ4v) is 4.11. The lowest BCUT2D eigenvalue weighted by Gasteiger charge is -2.53. The fraction of sp³-hybridized carbons (Fsp3) is 0.882. The van der Waals surface area contributed by atoms with Crippen LogP contribution in [0.2, 0.25) is 0 Å². The maximum Gasteiger partial charge on any atom is 0.230 e. The molecule has 4 nitrogen and oxygen atoms in total. The summed E-state index contributed by atoms with van der Waals surface area (Å²) in [5.74, 6) is 1.64. The van der Waals surface area contributed by atoms with Gasteiger partial charge in [-0.2, -0.15) is 11.8 Å². The van der Waals surface area contributed by atoms with Crippen LogP contribution in [0.25, 0.3) is 0 Å². The van der Waals surface area contributed by atoms with E-state index in [9.17, 15) is 4.79 Å². The summed E-state index contributed by atoms with van der Waals surface area (Å²) in [4.78, 5) is 14.6. The highest BCUT2D eigenvalue weighted by molar-refractivity contribution is 7.99. The molecule has 1 aliphatic rings. The van der Waals surface area contributed by atoms with Gasteiger partial charge in [-0.25, -0.2) is 0 Å². The molecule has 2 N–H and O–H groups in total. The summed E-state index contributed by atoms with van der Waals surface area (Å²) in [6, 6.07) is 0.262. The van der Waals surface area contributed by atoms with E-state index in [-0.39, 0.29) is 23.0 Å². The van der Waals surface area contributed by atoms with Crippen LogP contribution < -0.4 is 5.32 Å². The van der Waals surface area contributed by atoms with Crippen LogP contribution in [-0.4, -0.2) is 52.2 Å². The maximum atomic E-state index is 12.1.